The molecule has 176 valence electrons. The summed E-state index contributed by atoms with van der Waals surface area (Å²) in [6.45, 7) is 4.15. The van der Waals surface area contributed by atoms with E-state index < -0.39 is 23.6 Å². The number of fused-ring (bicyclic) bond motifs is 4. The summed E-state index contributed by atoms with van der Waals surface area (Å²) in [6, 6.07) is 12.8. The van der Waals surface area contributed by atoms with Crippen molar-refractivity contribution >= 4 is 23.0 Å². The van der Waals surface area contributed by atoms with Crippen molar-refractivity contribution in [2.24, 2.45) is 23.3 Å². The maximum atomic E-state index is 11.6. The lowest BCUT2D eigenvalue weighted by Crippen LogP contribution is -2.27. The molecule has 2 aromatic carbocycles. The van der Waals surface area contributed by atoms with E-state index in [4.69, 9.17) is 14.2 Å². The first kappa shape index (κ1) is 20.3. The number of hydrogen-bond acceptors (Lipinski definition) is 2. The van der Waals surface area contributed by atoms with E-state index >= 15 is 0 Å². The van der Waals surface area contributed by atoms with Crippen LogP contribution in [0.4, 0.5) is 0 Å². The number of allylic oxidation sites excluding steroid dienone is 2. The Hall–Kier alpha value is -3.14. The lowest BCUT2D eigenvalue weighted by Gasteiger charge is -2.22. The Kier molecular flexibility index (Phi) is 5.30. The Morgan fingerprint density at radius 1 is 0.765 bits per heavy atom. The van der Waals surface area contributed by atoms with Crippen molar-refractivity contribution in [1.29, 1.82) is 0 Å². The highest BCUT2D eigenvalue weighted by Gasteiger charge is 2.33. The molecule has 4 aliphatic rings. The summed E-state index contributed by atoms with van der Waals surface area (Å²) in [7, 11) is 0. The minimum Gasteiger partial charge on any atom is -0.369 e. The van der Waals surface area contributed by atoms with Gasteiger partial charge in [0, 0.05) is 2.74 Å². The summed E-state index contributed by atoms with van der Waals surface area (Å²) in [6.07, 6.45) is 6.26. The number of carbonyl (C=O) groups excluding carboxylic acids is 2. The van der Waals surface area contributed by atoms with Gasteiger partial charge in [0.2, 0.25) is 11.8 Å². The number of nitrogens with two attached hydrogens (primary N) is 2. The van der Waals surface area contributed by atoms with Crippen molar-refractivity contribution in [3.8, 4) is 0 Å². The van der Waals surface area contributed by atoms with Crippen LogP contribution in [0, 0.1) is 25.6 Å². The molecule has 0 radical (unpaired) electrons. The van der Waals surface area contributed by atoms with Crippen molar-refractivity contribution in [2.75, 3.05) is 0 Å². The second-order valence-corrected chi connectivity index (χ2v) is 9.98. The molecule has 0 spiro atoms. The fraction of sp³-hybridized carbons (Fsp3) is 0.400. The third-order valence-corrected chi connectivity index (χ3v) is 7.67. The highest BCUT2D eigenvalue weighted by Crippen LogP contribution is 2.45. The van der Waals surface area contributed by atoms with Gasteiger partial charge in [-0.2, -0.15) is 0 Å². The molecule has 34 heavy (non-hydrogen) atoms. The minimum absolute atomic E-state index is 0.501. The molecule has 2 aromatic rings. The highest BCUT2D eigenvalue weighted by atomic mass is 16.1. The lowest BCUT2D eigenvalue weighted by molar-refractivity contribution is -0.121. The van der Waals surface area contributed by atoms with Crippen LogP contribution in [0.25, 0.3) is 11.1 Å². The maximum Gasteiger partial charge on any atom is 0.224 e. The SMILES string of the molecule is [2H][C@@]1(C(N)=O)CCCC2=C1Cc1ccc(C)cc12.[2H][C@]1(C(N)=O)CCCC2=C1Cc1ccc(C)cc12. The van der Waals surface area contributed by atoms with Crippen molar-refractivity contribution in [1.82, 2.24) is 0 Å². The molecule has 0 saturated carbocycles. The molecule has 2 amide bonds. The molecule has 0 unspecified atom stereocenters. The number of aryl methyl sites for hydroxylation is 2. The summed E-state index contributed by atoms with van der Waals surface area (Å²) < 4.78 is 16.8. The van der Waals surface area contributed by atoms with Crippen LogP contribution in [0.5, 0.6) is 0 Å². The summed E-state index contributed by atoms with van der Waals surface area (Å²) in [5, 5.41) is 0. The first-order chi connectivity index (χ1) is 17.0. The molecule has 4 nitrogen and oxygen atoms in total. The monoisotopic (exact) mass is 456 g/mol. The van der Waals surface area contributed by atoms with Gasteiger partial charge >= 0.3 is 0 Å². The molecule has 0 heterocycles. The van der Waals surface area contributed by atoms with E-state index in [2.05, 4.69) is 50.2 Å². The number of carbonyl (C=O) groups is 2. The zero-order valence-electron chi connectivity index (χ0n) is 22.1. The zero-order chi connectivity index (χ0) is 25.8. The van der Waals surface area contributed by atoms with Crippen LogP contribution in [0.1, 0.15) is 74.6 Å². The average molecular weight is 457 g/mol. The van der Waals surface area contributed by atoms with Gasteiger partial charge in [-0.3, -0.25) is 9.59 Å². The van der Waals surface area contributed by atoms with Crippen LogP contribution in [-0.2, 0) is 22.4 Å². The Balaban J connectivity index is 0.000000148. The summed E-state index contributed by atoms with van der Waals surface area (Å²) >= 11 is 0. The minimum atomic E-state index is -1.18. The van der Waals surface area contributed by atoms with Crippen molar-refractivity contribution in [3.63, 3.8) is 0 Å². The molecule has 4 aliphatic carbocycles. The van der Waals surface area contributed by atoms with E-state index in [0.29, 0.717) is 12.8 Å². The van der Waals surface area contributed by atoms with Crippen molar-refractivity contribution < 1.29 is 12.3 Å². The van der Waals surface area contributed by atoms with Gasteiger partial charge in [0.25, 0.3) is 0 Å². The fourth-order valence-corrected chi connectivity index (χ4v) is 6.05. The Morgan fingerprint density at radius 3 is 1.56 bits per heavy atom. The largest absolute Gasteiger partial charge is 0.369 e. The fourth-order valence-electron chi connectivity index (χ4n) is 6.05. The summed E-state index contributed by atoms with van der Waals surface area (Å²) in [4.78, 5) is 23.3. The first-order valence-electron chi connectivity index (χ1n) is 13.3. The third kappa shape index (κ3) is 4.00. The Morgan fingerprint density at radius 2 is 1.18 bits per heavy atom. The summed E-state index contributed by atoms with van der Waals surface area (Å²) in [5.74, 6) is -3.36. The zero-order valence-corrected chi connectivity index (χ0v) is 20.1. The van der Waals surface area contributed by atoms with Gasteiger partial charge in [-0.15, -0.1) is 0 Å². The molecule has 0 saturated heterocycles. The number of hydrogen-bond donors (Lipinski definition) is 2. The van der Waals surface area contributed by atoms with E-state index in [1.54, 1.807) is 0 Å². The smallest absolute Gasteiger partial charge is 0.224 e. The molecule has 0 bridgehead atoms. The maximum absolute atomic E-state index is 11.6. The van der Waals surface area contributed by atoms with E-state index in [1.165, 1.54) is 44.5 Å². The van der Waals surface area contributed by atoms with Crippen molar-refractivity contribution in [3.05, 3.63) is 80.9 Å². The van der Waals surface area contributed by atoms with Crippen LogP contribution in [0.3, 0.4) is 0 Å². The number of amides is 2. The molecule has 4 heteroatoms. The van der Waals surface area contributed by atoms with Crippen molar-refractivity contribution in [2.45, 2.75) is 65.2 Å². The second-order valence-electron chi connectivity index (χ2n) is 9.98. The molecular formula is C30H34N2O2. The average Bonchev–Trinajstić information content (AvgIpc) is 3.39. The topological polar surface area (TPSA) is 86.2 Å². The normalized spacial score (nSPS) is 27.5. The van der Waals surface area contributed by atoms with E-state index in [1.807, 2.05) is 0 Å². The van der Waals surface area contributed by atoms with Gasteiger partial charge in [0.15, 0.2) is 0 Å². The van der Waals surface area contributed by atoms with Crippen LogP contribution in [-0.4, -0.2) is 11.8 Å². The van der Waals surface area contributed by atoms with E-state index in [0.717, 1.165) is 49.7 Å². The first-order valence-corrected chi connectivity index (χ1v) is 12.3. The van der Waals surface area contributed by atoms with Gasteiger partial charge in [-0.1, -0.05) is 47.5 Å². The Labute approximate surface area is 204 Å². The van der Waals surface area contributed by atoms with Crippen LogP contribution >= 0.6 is 0 Å². The second kappa shape index (κ2) is 8.90. The van der Waals surface area contributed by atoms with Gasteiger partial charge in [0.1, 0.15) is 0 Å². The predicted molar refractivity (Wildman–Crippen MR) is 137 cm³/mol. The van der Waals surface area contributed by atoms with E-state index in [9.17, 15) is 9.59 Å². The molecule has 2 atom stereocenters. The standard InChI is InChI=1S/2C15H17NO/c2*1-9-5-6-10-8-14-11(13(10)7-9)3-2-4-12(14)15(16)17/h2*5-7,12H,2-4,8H2,1H3,(H2,16,17)/t2*12-/m10/s1/i2*12D. The number of benzene rings is 2. The number of primary amides is 2. The molecule has 4 N–H and O–H groups in total. The Bertz CT molecular complexity index is 1260. The number of rotatable bonds is 2. The van der Waals surface area contributed by atoms with Crippen LogP contribution in [0.2, 0.25) is 0 Å². The van der Waals surface area contributed by atoms with Gasteiger partial charge in [-0.25, -0.2) is 0 Å². The quantitative estimate of drug-likeness (QED) is 0.652. The predicted octanol–water partition coefficient (Wildman–Crippen LogP) is 5.18. The van der Waals surface area contributed by atoms with E-state index in [-0.39, 0.29) is 0 Å². The lowest BCUT2D eigenvalue weighted by atomic mass is 9.82. The molecule has 0 aliphatic heterocycles. The molecular weight excluding hydrogens is 420 g/mol. The van der Waals surface area contributed by atoms with Crippen LogP contribution < -0.4 is 11.5 Å². The highest BCUT2D eigenvalue weighted by molar-refractivity contribution is 5.88. The van der Waals surface area contributed by atoms with Crippen LogP contribution in [0.15, 0.2) is 47.5 Å². The third-order valence-electron chi connectivity index (χ3n) is 7.67. The van der Waals surface area contributed by atoms with Gasteiger partial charge in [-0.05, 0) is 110 Å². The molecule has 0 aromatic heterocycles. The molecule has 0 fully saturated rings. The van der Waals surface area contributed by atoms with Gasteiger partial charge in [0.05, 0.1) is 11.8 Å². The summed E-state index contributed by atoms with van der Waals surface area (Å²) in [5.41, 5.74) is 22.6. The molecule has 6 rings (SSSR count). The van der Waals surface area contributed by atoms with Gasteiger partial charge < -0.3 is 11.5 Å².